The smallest absolute Gasteiger partial charge is 0.173 e. The molecule has 4 aromatic rings. The topological polar surface area (TPSA) is 88.8 Å². The summed E-state index contributed by atoms with van der Waals surface area (Å²) in [7, 11) is 3.24. The number of thiophene rings is 1. The lowest BCUT2D eigenvalue weighted by molar-refractivity contribution is 0.404. The highest BCUT2D eigenvalue weighted by atomic mass is 32.1. The lowest BCUT2D eigenvalue weighted by Crippen LogP contribution is -2.13. The predicted octanol–water partition coefficient (Wildman–Crippen LogP) is 3.23. The van der Waals surface area contributed by atoms with E-state index in [9.17, 15) is 0 Å². The van der Waals surface area contributed by atoms with Gasteiger partial charge in [0.15, 0.2) is 11.1 Å². The Bertz CT molecular complexity index is 1130. The number of ether oxygens (including phenoxy) is 2. The molecule has 0 fully saturated rings. The van der Waals surface area contributed by atoms with Crippen LogP contribution in [0.15, 0.2) is 41.4 Å². The Kier molecular flexibility index (Phi) is 4.64. The quantitative estimate of drug-likeness (QED) is 0.537. The average Bonchev–Trinajstić information content (AvgIpc) is 3.37. The number of aryl methyl sites for hydroxylation is 2. The number of methoxy groups -OCH3 is 2. The molecule has 0 bridgehead atoms. The van der Waals surface area contributed by atoms with Gasteiger partial charge in [-0.15, -0.1) is 0 Å². The molecular weight excluding hydrogens is 362 g/mol. The summed E-state index contributed by atoms with van der Waals surface area (Å²) in [5, 5.41) is 12.3. The molecule has 0 spiro atoms. The van der Waals surface area contributed by atoms with Crippen molar-refractivity contribution in [3.8, 4) is 22.9 Å². The van der Waals surface area contributed by atoms with Crippen molar-refractivity contribution in [2.75, 3.05) is 14.2 Å². The van der Waals surface area contributed by atoms with E-state index in [2.05, 4.69) is 26.8 Å². The monoisotopic (exact) mass is 381 g/mol. The molecule has 3 heterocycles. The molecule has 7 nitrogen and oxygen atoms in total. The Hall–Kier alpha value is -3.13. The molecule has 138 valence electrons. The summed E-state index contributed by atoms with van der Waals surface area (Å²) < 4.78 is 12.8. The second-order valence-corrected chi connectivity index (χ2v) is 6.80. The Morgan fingerprint density at radius 2 is 2.11 bits per heavy atom. The normalized spacial score (nSPS) is 11.0. The number of rotatable bonds is 6. The molecule has 8 heteroatoms. The SMILES string of the molecule is COc1ccc(OC)c(-c2nc3c([nH]2)c(=N)ncn3CCc2ccsc2)c1. The third-order valence-corrected chi connectivity index (χ3v) is 5.14. The first kappa shape index (κ1) is 17.3. The third-order valence-electron chi connectivity index (χ3n) is 4.40. The summed E-state index contributed by atoms with van der Waals surface area (Å²) in [6.45, 7) is 0.736. The van der Waals surface area contributed by atoms with Gasteiger partial charge in [0.2, 0.25) is 0 Å². The first-order chi connectivity index (χ1) is 13.2. The van der Waals surface area contributed by atoms with Crippen LogP contribution in [-0.2, 0) is 13.0 Å². The van der Waals surface area contributed by atoms with Gasteiger partial charge >= 0.3 is 0 Å². The number of aromatic nitrogens is 4. The zero-order chi connectivity index (χ0) is 18.8. The second-order valence-electron chi connectivity index (χ2n) is 6.02. The number of fused-ring (bicyclic) bond motifs is 1. The third kappa shape index (κ3) is 3.31. The largest absolute Gasteiger partial charge is 0.497 e. The van der Waals surface area contributed by atoms with Gasteiger partial charge in [-0.2, -0.15) is 11.3 Å². The van der Waals surface area contributed by atoms with Crippen molar-refractivity contribution in [3.05, 3.63) is 52.4 Å². The first-order valence-electron chi connectivity index (χ1n) is 8.43. The summed E-state index contributed by atoms with van der Waals surface area (Å²) in [4.78, 5) is 12.2. The summed E-state index contributed by atoms with van der Waals surface area (Å²) >= 11 is 1.69. The highest BCUT2D eigenvalue weighted by Gasteiger charge is 2.15. The van der Waals surface area contributed by atoms with Crippen molar-refractivity contribution in [3.63, 3.8) is 0 Å². The molecule has 2 N–H and O–H groups in total. The number of nitrogens with one attached hydrogen (secondary N) is 2. The Morgan fingerprint density at radius 3 is 2.85 bits per heavy atom. The van der Waals surface area contributed by atoms with Gasteiger partial charge in [-0.25, -0.2) is 9.97 Å². The zero-order valence-electron chi connectivity index (χ0n) is 15.0. The van der Waals surface area contributed by atoms with Gasteiger partial charge in [0, 0.05) is 6.54 Å². The molecule has 4 rings (SSSR count). The van der Waals surface area contributed by atoms with E-state index >= 15 is 0 Å². The molecule has 0 radical (unpaired) electrons. The van der Waals surface area contributed by atoms with E-state index < -0.39 is 0 Å². The van der Waals surface area contributed by atoms with Gasteiger partial charge in [0.05, 0.1) is 26.1 Å². The Balaban J connectivity index is 1.79. The van der Waals surface area contributed by atoms with Gasteiger partial charge in [-0.05, 0) is 47.0 Å². The van der Waals surface area contributed by atoms with E-state index in [0.29, 0.717) is 28.5 Å². The van der Waals surface area contributed by atoms with E-state index in [1.807, 2.05) is 22.8 Å². The van der Waals surface area contributed by atoms with E-state index in [1.54, 1.807) is 31.9 Å². The van der Waals surface area contributed by atoms with Crippen LogP contribution in [0.25, 0.3) is 22.6 Å². The van der Waals surface area contributed by atoms with Crippen LogP contribution in [0.2, 0.25) is 0 Å². The molecule has 1 aromatic carbocycles. The molecule has 0 saturated carbocycles. The fourth-order valence-corrected chi connectivity index (χ4v) is 3.66. The summed E-state index contributed by atoms with van der Waals surface area (Å²) in [5.74, 6) is 2.01. The van der Waals surface area contributed by atoms with Crippen molar-refractivity contribution in [2.24, 2.45) is 0 Å². The molecule has 0 aliphatic heterocycles. The summed E-state index contributed by atoms with van der Waals surface area (Å²) in [5.41, 5.74) is 3.52. The second kappa shape index (κ2) is 7.24. The van der Waals surface area contributed by atoms with E-state index in [1.165, 1.54) is 5.56 Å². The minimum atomic E-state index is 0.164. The van der Waals surface area contributed by atoms with Crippen molar-refractivity contribution in [2.45, 2.75) is 13.0 Å². The van der Waals surface area contributed by atoms with Crippen LogP contribution < -0.4 is 15.0 Å². The standard InChI is InChI=1S/C19H19N5O2S/c1-25-13-3-4-15(26-2)14(9-13)18-22-16-17(20)21-11-24(19(16)23-18)7-5-12-6-8-27-10-12/h3-4,6,8-11,20H,5,7H2,1-2H3,(H,22,23). The van der Waals surface area contributed by atoms with Crippen molar-refractivity contribution in [1.29, 1.82) is 5.41 Å². The molecule has 0 atom stereocenters. The number of nitrogens with zero attached hydrogens (tertiary/aromatic N) is 3. The predicted molar refractivity (Wildman–Crippen MR) is 104 cm³/mol. The number of hydrogen-bond acceptors (Lipinski definition) is 6. The molecule has 0 aliphatic rings. The van der Waals surface area contributed by atoms with E-state index in [0.717, 1.165) is 18.5 Å². The molecular formula is C19H19N5O2S. The van der Waals surface area contributed by atoms with Crippen LogP contribution in [0.1, 0.15) is 5.56 Å². The molecule has 0 amide bonds. The number of imidazole rings is 1. The van der Waals surface area contributed by atoms with Crippen LogP contribution in [0.4, 0.5) is 0 Å². The van der Waals surface area contributed by atoms with Gasteiger partial charge in [-0.3, -0.25) is 5.41 Å². The highest BCUT2D eigenvalue weighted by molar-refractivity contribution is 7.07. The molecule has 0 saturated heterocycles. The minimum Gasteiger partial charge on any atom is -0.497 e. The molecule has 27 heavy (non-hydrogen) atoms. The Labute approximate surface area is 159 Å². The van der Waals surface area contributed by atoms with E-state index in [-0.39, 0.29) is 5.49 Å². The van der Waals surface area contributed by atoms with Crippen molar-refractivity contribution in [1.82, 2.24) is 19.5 Å². The first-order valence-corrected chi connectivity index (χ1v) is 9.37. The molecule has 3 aromatic heterocycles. The number of benzene rings is 1. The number of H-pyrrole nitrogens is 1. The van der Waals surface area contributed by atoms with E-state index in [4.69, 9.17) is 19.9 Å². The maximum Gasteiger partial charge on any atom is 0.173 e. The maximum atomic E-state index is 8.13. The fourth-order valence-electron chi connectivity index (χ4n) is 2.96. The van der Waals surface area contributed by atoms with Gasteiger partial charge < -0.3 is 19.0 Å². The van der Waals surface area contributed by atoms with Crippen LogP contribution in [0.3, 0.4) is 0 Å². The number of aromatic amines is 1. The molecule has 0 aliphatic carbocycles. The fraction of sp³-hybridized carbons (Fsp3) is 0.211. The van der Waals surface area contributed by atoms with Crippen LogP contribution in [0.5, 0.6) is 11.5 Å². The number of hydrogen-bond donors (Lipinski definition) is 2. The van der Waals surface area contributed by atoms with Crippen molar-refractivity contribution >= 4 is 22.5 Å². The highest BCUT2D eigenvalue weighted by Crippen LogP contribution is 2.32. The Morgan fingerprint density at radius 1 is 1.22 bits per heavy atom. The average molecular weight is 381 g/mol. The molecule has 0 unspecified atom stereocenters. The van der Waals surface area contributed by atoms with Gasteiger partial charge in [0.25, 0.3) is 0 Å². The lowest BCUT2D eigenvalue weighted by Gasteiger charge is -2.08. The van der Waals surface area contributed by atoms with Crippen molar-refractivity contribution < 1.29 is 9.47 Å². The van der Waals surface area contributed by atoms with Gasteiger partial charge in [-0.1, -0.05) is 0 Å². The van der Waals surface area contributed by atoms with Crippen LogP contribution in [-0.4, -0.2) is 33.7 Å². The summed E-state index contributed by atoms with van der Waals surface area (Å²) in [6.07, 6.45) is 2.55. The van der Waals surface area contributed by atoms with Crippen LogP contribution in [0, 0.1) is 5.41 Å². The summed E-state index contributed by atoms with van der Waals surface area (Å²) in [6, 6.07) is 7.66. The minimum absolute atomic E-state index is 0.164. The zero-order valence-corrected chi connectivity index (χ0v) is 15.8. The lowest BCUT2D eigenvalue weighted by atomic mass is 10.2. The maximum absolute atomic E-state index is 8.13. The van der Waals surface area contributed by atoms with Gasteiger partial charge in [0.1, 0.15) is 22.8 Å². The van der Waals surface area contributed by atoms with Crippen LogP contribution >= 0.6 is 11.3 Å².